The molecule has 5 nitrogen and oxygen atoms in total. The fourth-order valence-corrected chi connectivity index (χ4v) is 3.26. The van der Waals surface area contributed by atoms with Crippen molar-refractivity contribution in [1.29, 1.82) is 5.26 Å². The molecule has 116 valence electrons. The lowest BCUT2D eigenvalue weighted by Crippen LogP contribution is -2.45. The van der Waals surface area contributed by atoms with Crippen LogP contribution in [-0.2, 0) is 18.3 Å². The number of aliphatic hydroxyl groups excluding tert-OH is 1. The van der Waals surface area contributed by atoms with Gasteiger partial charge in [0.25, 0.3) is 0 Å². The van der Waals surface area contributed by atoms with Crippen LogP contribution in [0.4, 0.5) is 0 Å². The average molecular weight is 291 g/mol. The third kappa shape index (κ3) is 3.85. The van der Waals surface area contributed by atoms with Crippen molar-refractivity contribution < 1.29 is 9.84 Å². The molecule has 0 aliphatic carbocycles. The number of nitrogens with zero attached hydrogens (tertiary/aromatic N) is 3. The lowest BCUT2D eigenvalue weighted by molar-refractivity contribution is 0.00476. The third-order valence-corrected chi connectivity index (χ3v) is 4.49. The van der Waals surface area contributed by atoms with Gasteiger partial charge >= 0.3 is 0 Å². The number of aromatic nitrogens is 1. The Morgan fingerprint density at radius 1 is 1.52 bits per heavy atom. The van der Waals surface area contributed by atoms with Crippen molar-refractivity contribution in [1.82, 2.24) is 9.47 Å². The summed E-state index contributed by atoms with van der Waals surface area (Å²) in [5, 5.41) is 18.8. The van der Waals surface area contributed by atoms with Crippen LogP contribution in [0.15, 0.2) is 12.3 Å². The highest BCUT2D eigenvalue weighted by Gasteiger charge is 2.34. The lowest BCUT2D eigenvalue weighted by atomic mass is 9.78. The molecule has 0 bridgehead atoms. The molecule has 0 aromatic carbocycles. The van der Waals surface area contributed by atoms with Gasteiger partial charge in [0, 0.05) is 45.5 Å². The highest BCUT2D eigenvalue weighted by molar-refractivity contribution is 5.28. The Bertz CT molecular complexity index is 506. The number of ether oxygens (including phenoxy) is 1. The number of rotatable bonds is 6. The molecule has 0 spiro atoms. The zero-order valence-electron chi connectivity index (χ0n) is 13.0. The van der Waals surface area contributed by atoms with Crippen LogP contribution in [0.2, 0.25) is 0 Å². The molecule has 1 unspecified atom stereocenters. The summed E-state index contributed by atoms with van der Waals surface area (Å²) < 4.78 is 7.05. The monoisotopic (exact) mass is 291 g/mol. The van der Waals surface area contributed by atoms with E-state index in [2.05, 4.69) is 11.0 Å². The molecular formula is C16H25N3O2. The minimum atomic E-state index is -0.0406. The molecule has 1 atom stereocenters. The Balaban J connectivity index is 2.01. The molecule has 1 fully saturated rings. The summed E-state index contributed by atoms with van der Waals surface area (Å²) in [6.07, 6.45) is 5.07. The number of hydrogen-bond donors (Lipinski definition) is 1. The van der Waals surface area contributed by atoms with E-state index >= 15 is 0 Å². The molecule has 0 radical (unpaired) electrons. The van der Waals surface area contributed by atoms with Crippen molar-refractivity contribution in [2.45, 2.75) is 25.8 Å². The highest BCUT2D eigenvalue weighted by Crippen LogP contribution is 2.33. The second-order valence-electron chi connectivity index (χ2n) is 6.17. The van der Waals surface area contributed by atoms with E-state index in [1.165, 1.54) is 0 Å². The first-order chi connectivity index (χ1) is 10.1. The van der Waals surface area contributed by atoms with E-state index in [0.29, 0.717) is 12.3 Å². The first-order valence-corrected chi connectivity index (χ1v) is 7.50. The summed E-state index contributed by atoms with van der Waals surface area (Å²) in [6.45, 7) is 3.68. The molecular weight excluding hydrogens is 266 g/mol. The fraction of sp³-hybridized carbons (Fsp3) is 0.688. The number of aryl methyl sites for hydroxylation is 1. The Kier molecular flexibility index (Phi) is 5.40. The predicted molar refractivity (Wildman–Crippen MR) is 80.7 cm³/mol. The van der Waals surface area contributed by atoms with Crippen molar-refractivity contribution in [3.63, 3.8) is 0 Å². The Hall–Kier alpha value is -1.35. The standard InChI is InChI=1S/C16H25N3O2/c1-18-10-14(8-15(18)9-17)11-19-6-3-4-16(12-19,13-20)5-7-21-2/h8,10,20H,3-7,11-13H2,1-2H3. The quantitative estimate of drug-likeness (QED) is 0.863. The highest BCUT2D eigenvalue weighted by atomic mass is 16.5. The second kappa shape index (κ2) is 7.08. The number of aliphatic hydroxyl groups is 1. The van der Waals surface area contributed by atoms with Crippen LogP contribution < -0.4 is 0 Å². The molecule has 21 heavy (non-hydrogen) atoms. The minimum Gasteiger partial charge on any atom is -0.396 e. The van der Waals surface area contributed by atoms with Gasteiger partial charge in [-0.2, -0.15) is 5.26 Å². The number of nitriles is 1. The van der Waals surface area contributed by atoms with E-state index in [1.807, 2.05) is 23.9 Å². The van der Waals surface area contributed by atoms with Crippen LogP contribution in [0, 0.1) is 16.7 Å². The molecule has 1 aliphatic rings. The molecule has 0 saturated carbocycles. The van der Waals surface area contributed by atoms with Crippen molar-refractivity contribution in [3.05, 3.63) is 23.5 Å². The smallest absolute Gasteiger partial charge is 0.120 e. The zero-order chi connectivity index (χ0) is 15.3. The van der Waals surface area contributed by atoms with Crippen molar-refractivity contribution in [3.8, 4) is 6.07 Å². The third-order valence-electron chi connectivity index (χ3n) is 4.49. The fourth-order valence-electron chi connectivity index (χ4n) is 3.26. The van der Waals surface area contributed by atoms with E-state index in [9.17, 15) is 5.11 Å². The minimum absolute atomic E-state index is 0.0406. The molecule has 2 heterocycles. The Morgan fingerprint density at radius 2 is 2.33 bits per heavy atom. The topological polar surface area (TPSA) is 61.4 Å². The normalized spacial score (nSPS) is 23.1. The van der Waals surface area contributed by atoms with Crippen molar-refractivity contribution in [2.24, 2.45) is 12.5 Å². The van der Waals surface area contributed by atoms with Crippen molar-refractivity contribution in [2.75, 3.05) is 33.4 Å². The molecule has 5 heteroatoms. The van der Waals surface area contributed by atoms with Crippen LogP contribution in [0.3, 0.4) is 0 Å². The summed E-state index contributed by atoms with van der Waals surface area (Å²) in [7, 11) is 3.61. The summed E-state index contributed by atoms with van der Waals surface area (Å²) in [6, 6.07) is 4.14. The van der Waals surface area contributed by atoms with Gasteiger partial charge in [0.2, 0.25) is 0 Å². The number of methoxy groups -OCH3 is 1. The van der Waals surface area contributed by atoms with Crippen LogP contribution in [0.5, 0.6) is 0 Å². The zero-order valence-corrected chi connectivity index (χ0v) is 13.0. The number of likely N-dealkylation sites (tertiary alicyclic amines) is 1. The Morgan fingerprint density at radius 3 is 2.95 bits per heavy atom. The maximum atomic E-state index is 9.81. The van der Waals surface area contributed by atoms with Gasteiger partial charge in [0.05, 0.1) is 6.61 Å². The van der Waals surface area contributed by atoms with E-state index in [0.717, 1.165) is 44.5 Å². The van der Waals surface area contributed by atoms with E-state index in [-0.39, 0.29) is 12.0 Å². The molecule has 1 aliphatic heterocycles. The van der Waals surface area contributed by atoms with E-state index in [4.69, 9.17) is 10.00 Å². The predicted octanol–water partition coefficient (Wildman–Crippen LogP) is 1.51. The molecule has 0 amide bonds. The molecule has 1 aromatic heterocycles. The van der Waals surface area contributed by atoms with Gasteiger partial charge in [-0.25, -0.2) is 0 Å². The van der Waals surface area contributed by atoms with Gasteiger partial charge in [-0.1, -0.05) is 0 Å². The lowest BCUT2D eigenvalue weighted by Gasteiger charge is -2.41. The van der Waals surface area contributed by atoms with Gasteiger partial charge in [-0.15, -0.1) is 0 Å². The van der Waals surface area contributed by atoms with Crippen LogP contribution in [0.25, 0.3) is 0 Å². The molecule has 2 rings (SSSR count). The molecule has 1 N–H and O–H groups in total. The van der Waals surface area contributed by atoms with Gasteiger partial charge in [0.1, 0.15) is 11.8 Å². The SMILES string of the molecule is COCCC1(CO)CCCN(Cc2cc(C#N)n(C)c2)C1. The summed E-state index contributed by atoms with van der Waals surface area (Å²) in [5.41, 5.74) is 1.81. The summed E-state index contributed by atoms with van der Waals surface area (Å²) in [5.74, 6) is 0. The van der Waals surface area contributed by atoms with Gasteiger partial charge < -0.3 is 14.4 Å². The van der Waals surface area contributed by atoms with E-state index in [1.54, 1.807) is 7.11 Å². The van der Waals surface area contributed by atoms with Gasteiger partial charge in [-0.05, 0) is 37.4 Å². The van der Waals surface area contributed by atoms with Crippen LogP contribution in [-0.4, -0.2) is 48.0 Å². The summed E-state index contributed by atoms with van der Waals surface area (Å²) in [4.78, 5) is 2.38. The first-order valence-electron chi connectivity index (χ1n) is 7.50. The maximum Gasteiger partial charge on any atom is 0.120 e. The van der Waals surface area contributed by atoms with Crippen molar-refractivity contribution >= 4 is 0 Å². The van der Waals surface area contributed by atoms with Crippen LogP contribution >= 0.6 is 0 Å². The second-order valence-corrected chi connectivity index (χ2v) is 6.17. The van der Waals surface area contributed by atoms with Crippen LogP contribution in [0.1, 0.15) is 30.5 Å². The average Bonchev–Trinajstić information content (AvgIpc) is 2.85. The van der Waals surface area contributed by atoms with Gasteiger partial charge in [-0.3, -0.25) is 4.90 Å². The Labute approximate surface area is 126 Å². The maximum absolute atomic E-state index is 9.81. The number of hydrogen-bond acceptors (Lipinski definition) is 4. The van der Waals surface area contributed by atoms with Gasteiger partial charge in [0.15, 0.2) is 0 Å². The molecule has 1 saturated heterocycles. The van der Waals surface area contributed by atoms with E-state index < -0.39 is 0 Å². The number of piperidine rings is 1. The first kappa shape index (κ1) is 16.0. The largest absolute Gasteiger partial charge is 0.396 e. The summed E-state index contributed by atoms with van der Waals surface area (Å²) >= 11 is 0. The molecule has 1 aromatic rings.